The summed E-state index contributed by atoms with van der Waals surface area (Å²) >= 11 is 1.58. The highest BCUT2D eigenvalue weighted by molar-refractivity contribution is 7.99. The summed E-state index contributed by atoms with van der Waals surface area (Å²) in [4.78, 5) is 34.2. The van der Waals surface area contributed by atoms with Crippen molar-refractivity contribution in [1.82, 2.24) is 9.88 Å². The molecule has 2 heterocycles. The van der Waals surface area contributed by atoms with Gasteiger partial charge < -0.3 is 19.6 Å². The molecular weight excluding hydrogens is 584 g/mol. The van der Waals surface area contributed by atoms with E-state index in [1.165, 1.54) is 19.1 Å². The number of hydrogen-bond donors (Lipinski definition) is 1. The van der Waals surface area contributed by atoms with Crippen LogP contribution in [0.4, 0.5) is 5.69 Å². The average molecular weight is 619 g/mol. The van der Waals surface area contributed by atoms with Crippen molar-refractivity contribution in [1.29, 1.82) is 5.26 Å². The van der Waals surface area contributed by atoms with Gasteiger partial charge in [0.15, 0.2) is 6.10 Å². The van der Waals surface area contributed by atoms with E-state index in [1.54, 1.807) is 35.0 Å². The second-order valence-corrected chi connectivity index (χ2v) is 11.8. The summed E-state index contributed by atoms with van der Waals surface area (Å²) in [6.07, 6.45) is 0.785. The number of fused-ring (bicyclic) bond motifs is 1. The monoisotopic (exact) mass is 618 g/mol. The van der Waals surface area contributed by atoms with Crippen molar-refractivity contribution in [3.63, 3.8) is 0 Å². The summed E-state index contributed by atoms with van der Waals surface area (Å²) < 4.78 is 5.58. The zero-order chi connectivity index (χ0) is 32.3. The molecule has 228 valence electrons. The first-order valence-corrected chi connectivity index (χ1v) is 15.2. The molecule has 0 spiro atoms. The number of rotatable bonds is 5. The molecule has 2 atom stereocenters. The number of likely N-dealkylation sites (N-methyl/N-ethyl adjacent to an activating group) is 1. The molecule has 0 fully saturated rings. The molecule has 4 aromatic rings. The van der Waals surface area contributed by atoms with Crippen molar-refractivity contribution >= 4 is 29.3 Å². The Morgan fingerprint density at radius 2 is 1.73 bits per heavy atom. The van der Waals surface area contributed by atoms with Gasteiger partial charge in [-0.05, 0) is 75.0 Å². The maximum Gasteiger partial charge on any atom is 0.303 e. The van der Waals surface area contributed by atoms with Gasteiger partial charge >= 0.3 is 5.97 Å². The SMILES string of the molecule is CC(=O)O[C@H]1C(=O)N(CCN(C)C)c2ccccc2S[C@H]1c1ccc(C)cc1.N#Cc1cc(O)cc(C#Cc2ccccn2)c1. The third kappa shape index (κ3) is 9.20. The molecule has 3 aromatic carbocycles. The van der Waals surface area contributed by atoms with E-state index >= 15 is 0 Å². The summed E-state index contributed by atoms with van der Waals surface area (Å²) in [5.41, 5.74) is 4.60. The van der Waals surface area contributed by atoms with Crippen molar-refractivity contribution in [3.8, 4) is 23.7 Å². The molecule has 1 N–H and O–H groups in total. The van der Waals surface area contributed by atoms with E-state index in [0.29, 0.717) is 29.9 Å². The zero-order valence-corrected chi connectivity index (χ0v) is 26.4. The molecule has 0 saturated heterocycles. The number of aromatic hydroxyl groups is 1. The molecule has 0 bridgehead atoms. The number of nitriles is 1. The molecule has 45 heavy (non-hydrogen) atoms. The van der Waals surface area contributed by atoms with Crippen molar-refractivity contribution in [2.75, 3.05) is 32.1 Å². The van der Waals surface area contributed by atoms with Gasteiger partial charge in [-0.25, -0.2) is 4.98 Å². The third-order valence-electron chi connectivity index (χ3n) is 6.71. The maximum absolute atomic E-state index is 13.5. The molecule has 1 aliphatic rings. The van der Waals surface area contributed by atoms with E-state index in [-0.39, 0.29) is 16.9 Å². The summed E-state index contributed by atoms with van der Waals surface area (Å²) in [6.45, 7) is 4.62. The summed E-state index contributed by atoms with van der Waals surface area (Å²) in [7, 11) is 3.95. The number of phenolic OH excluding ortho intramolecular Hbond substituents is 1. The molecule has 5 rings (SSSR count). The fraction of sp³-hybridized carbons (Fsp3) is 0.222. The largest absolute Gasteiger partial charge is 0.508 e. The van der Waals surface area contributed by atoms with E-state index in [2.05, 4.69) is 16.8 Å². The number of pyridine rings is 1. The molecule has 1 amide bonds. The van der Waals surface area contributed by atoms with Crippen LogP contribution in [0.1, 0.15) is 40.1 Å². The Morgan fingerprint density at radius 1 is 1.02 bits per heavy atom. The Labute approximate surface area is 268 Å². The van der Waals surface area contributed by atoms with Crippen LogP contribution in [0.25, 0.3) is 0 Å². The van der Waals surface area contributed by atoms with Gasteiger partial charge in [-0.2, -0.15) is 5.26 Å². The first kappa shape index (κ1) is 32.8. The maximum atomic E-state index is 13.5. The number of hydrogen-bond acceptors (Lipinski definition) is 8. The quantitative estimate of drug-likeness (QED) is 0.223. The number of phenols is 1. The minimum Gasteiger partial charge on any atom is -0.508 e. The number of amides is 1. The third-order valence-corrected chi connectivity index (χ3v) is 8.08. The number of para-hydroxylation sites is 1. The van der Waals surface area contributed by atoms with Crippen LogP contribution in [0.3, 0.4) is 0 Å². The van der Waals surface area contributed by atoms with E-state index in [1.807, 2.05) is 92.7 Å². The number of esters is 1. The van der Waals surface area contributed by atoms with Gasteiger partial charge in [-0.15, -0.1) is 11.8 Å². The fourth-order valence-corrected chi connectivity index (χ4v) is 5.84. The second kappa shape index (κ2) is 15.6. The standard InChI is InChI=1S/C22H26N2O3S.C14H8N2O/c1-15-9-11-17(12-10-15)21-20(27-16(2)25)22(26)24(14-13-23(3)4)18-7-5-6-8-19(18)28-21;15-10-12-7-11(8-14(17)9-12)4-5-13-3-1-2-6-16-13/h5-12,20-21H,13-14H2,1-4H3;1-3,6-9,17H/t20-,21+;/m1./s1. The molecule has 0 aliphatic carbocycles. The lowest BCUT2D eigenvalue weighted by molar-refractivity contribution is -0.152. The Hall–Kier alpha value is -5.09. The summed E-state index contributed by atoms with van der Waals surface area (Å²) in [6, 6.07) is 27.9. The number of benzene rings is 3. The van der Waals surface area contributed by atoms with Crippen LogP contribution in [0, 0.1) is 30.1 Å². The fourth-order valence-electron chi connectivity index (χ4n) is 4.52. The van der Waals surface area contributed by atoms with Crippen LogP contribution in [0.2, 0.25) is 0 Å². The van der Waals surface area contributed by atoms with E-state index in [4.69, 9.17) is 10.00 Å². The van der Waals surface area contributed by atoms with Gasteiger partial charge in [-0.1, -0.05) is 53.9 Å². The Morgan fingerprint density at radius 3 is 2.40 bits per heavy atom. The molecular formula is C36H34N4O4S. The van der Waals surface area contributed by atoms with Crippen molar-refractivity contribution in [2.45, 2.75) is 30.1 Å². The van der Waals surface area contributed by atoms with Gasteiger partial charge in [0.25, 0.3) is 5.91 Å². The zero-order valence-electron chi connectivity index (χ0n) is 25.6. The Bertz CT molecular complexity index is 1740. The van der Waals surface area contributed by atoms with Crippen LogP contribution in [-0.4, -0.2) is 60.2 Å². The predicted molar refractivity (Wildman–Crippen MR) is 176 cm³/mol. The number of ether oxygens (including phenoxy) is 1. The lowest BCUT2D eigenvalue weighted by Gasteiger charge is -2.28. The smallest absolute Gasteiger partial charge is 0.303 e. The normalized spacial score (nSPS) is 15.4. The highest BCUT2D eigenvalue weighted by Gasteiger charge is 2.40. The summed E-state index contributed by atoms with van der Waals surface area (Å²) in [5, 5.41) is 17.8. The van der Waals surface area contributed by atoms with E-state index in [0.717, 1.165) is 21.7 Å². The first-order chi connectivity index (χ1) is 21.6. The van der Waals surface area contributed by atoms with Crippen molar-refractivity contribution in [3.05, 3.63) is 119 Å². The van der Waals surface area contributed by atoms with Crippen LogP contribution in [0.5, 0.6) is 5.75 Å². The highest BCUT2D eigenvalue weighted by atomic mass is 32.2. The molecule has 0 radical (unpaired) electrons. The van der Waals surface area contributed by atoms with Gasteiger partial charge in [0.2, 0.25) is 0 Å². The van der Waals surface area contributed by atoms with Gasteiger partial charge in [0.05, 0.1) is 22.6 Å². The Kier molecular flexibility index (Phi) is 11.4. The second-order valence-electron chi connectivity index (χ2n) is 10.6. The molecule has 9 heteroatoms. The average Bonchev–Trinajstić information content (AvgIpc) is 3.13. The van der Waals surface area contributed by atoms with Crippen LogP contribution in [0.15, 0.2) is 96.0 Å². The predicted octanol–water partition coefficient (Wildman–Crippen LogP) is 5.73. The molecule has 0 saturated carbocycles. The molecule has 1 aromatic heterocycles. The highest BCUT2D eigenvalue weighted by Crippen LogP contribution is 2.46. The van der Waals surface area contributed by atoms with Crippen LogP contribution >= 0.6 is 11.8 Å². The number of carbonyl (C=O) groups excluding carboxylic acids is 2. The minimum atomic E-state index is -0.875. The van der Waals surface area contributed by atoms with Gasteiger partial charge in [-0.3, -0.25) is 9.59 Å². The van der Waals surface area contributed by atoms with Gasteiger partial charge in [0, 0.05) is 36.7 Å². The van der Waals surface area contributed by atoms with E-state index < -0.39 is 12.1 Å². The van der Waals surface area contributed by atoms with E-state index in [9.17, 15) is 14.7 Å². The number of carbonyl (C=O) groups is 2. The van der Waals surface area contributed by atoms with Crippen molar-refractivity contribution in [2.24, 2.45) is 0 Å². The Balaban J connectivity index is 0.000000231. The number of thioether (sulfide) groups is 1. The molecule has 0 unspecified atom stereocenters. The minimum absolute atomic E-state index is 0.0365. The lowest BCUT2D eigenvalue weighted by atomic mass is 10.0. The first-order valence-electron chi connectivity index (χ1n) is 14.3. The van der Waals surface area contributed by atoms with Crippen LogP contribution in [-0.2, 0) is 14.3 Å². The lowest BCUT2D eigenvalue weighted by Crippen LogP contribution is -2.45. The van der Waals surface area contributed by atoms with Crippen molar-refractivity contribution < 1.29 is 19.4 Å². The summed E-state index contributed by atoms with van der Waals surface area (Å²) in [5.74, 6) is 5.12. The molecule has 1 aliphatic heterocycles. The number of aryl methyl sites for hydroxylation is 1. The number of anilines is 1. The number of nitrogens with zero attached hydrogens (tertiary/aromatic N) is 4. The number of aromatic nitrogens is 1. The van der Waals surface area contributed by atoms with Gasteiger partial charge in [0.1, 0.15) is 11.4 Å². The topological polar surface area (TPSA) is 107 Å². The van der Waals surface area contributed by atoms with Crippen LogP contribution < -0.4 is 4.90 Å². The molecule has 8 nitrogen and oxygen atoms in total.